The van der Waals surface area contributed by atoms with Gasteiger partial charge in [0.05, 0.1) is 11.1 Å². The zero-order valence-corrected chi connectivity index (χ0v) is 15.0. The van der Waals surface area contributed by atoms with Crippen LogP contribution in [-0.2, 0) is 29.8 Å². The van der Waals surface area contributed by atoms with E-state index in [1.165, 1.54) is 27.2 Å². The number of aromatic nitrogens is 2. The van der Waals surface area contributed by atoms with Crippen LogP contribution in [0.1, 0.15) is 16.8 Å². The number of hydrogen-bond acceptors (Lipinski definition) is 4. The van der Waals surface area contributed by atoms with Crippen molar-refractivity contribution in [3.05, 3.63) is 41.2 Å². The zero-order valence-electron chi connectivity index (χ0n) is 14.2. The summed E-state index contributed by atoms with van der Waals surface area (Å²) in [6.45, 7) is 1.52. The van der Waals surface area contributed by atoms with Crippen molar-refractivity contribution in [2.24, 2.45) is 7.05 Å². The van der Waals surface area contributed by atoms with Crippen molar-refractivity contribution >= 4 is 15.7 Å². The van der Waals surface area contributed by atoms with Crippen molar-refractivity contribution < 1.29 is 21.6 Å². The minimum atomic E-state index is -4.52. The number of nitrogens with zero attached hydrogens (tertiary/aromatic N) is 3. The van der Waals surface area contributed by atoms with Crippen molar-refractivity contribution in [2.75, 3.05) is 19.4 Å². The smallest absolute Gasteiger partial charge is 0.381 e. The van der Waals surface area contributed by atoms with Crippen LogP contribution >= 0.6 is 0 Å². The molecule has 1 aromatic carbocycles. The summed E-state index contributed by atoms with van der Waals surface area (Å²) in [5, 5.41) is 6.47. The van der Waals surface area contributed by atoms with E-state index in [2.05, 4.69) is 10.4 Å². The van der Waals surface area contributed by atoms with Gasteiger partial charge in [-0.05, 0) is 24.6 Å². The van der Waals surface area contributed by atoms with Crippen LogP contribution in [0.4, 0.5) is 18.9 Å². The molecule has 25 heavy (non-hydrogen) atoms. The lowest BCUT2D eigenvalue weighted by molar-refractivity contribution is -0.144. The van der Waals surface area contributed by atoms with Crippen LogP contribution in [0.25, 0.3) is 0 Å². The molecule has 1 aromatic heterocycles. The van der Waals surface area contributed by atoms with Gasteiger partial charge in [-0.25, -0.2) is 12.7 Å². The Labute approximate surface area is 144 Å². The number of sulfonamides is 1. The summed E-state index contributed by atoms with van der Waals surface area (Å²) in [6, 6.07) is 4.63. The SMILES string of the molecule is Cc1ccc(NCc2cnn(C)c2C(F)(F)F)cc1S(=O)(=O)N(C)C. The van der Waals surface area contributed by atoms with Crippen LogP contribution in [0.2, 0.25) is 0 Å². The molecule has 0 radical (unpaired) electrons. The number of rotatable bonds is 5. The molecule has 0 aliphatic carbocycles. The molecule has 0 aliphatic heterocycles. The first-order valence-corrected chi connectivity index (χ1v) is 8.73. The molecule has 0 saturated heterocycles. The monoisotopic (exact) mass is 376 g/mol. The predicted molar refractivity (Wildman–Crippen MR) is 87.6 cm³/mol. The van der Waals surface area contributed by atoms with Gasteiger partial charge in [-0.3, -0.25) is 4.68 Å². The third-order valence-corrected chi connectivity index (χ3v) is 5.67. The first kappa shape index (κ1) is 19.3. The number of anilines is 1. The topological polar surface area (TPSA) is 67.2 Å². The second kappa shape index (κ2) is 6.68. The van der Waals surface area contributed by atoms with E-state index in [-0.39, 0.29) is 17.0 Å². The van der Waals surface area contributed by atoms with Gasteiger partial charge < -0.3 is 5.32 Å². The highest BCUT2D eigenvalue weighted by Gasteiger charge is 2.37. The lowest BCUT2D eigenvalue weighted by Crippen LogP contribution is -2.23. The highest BCUT2D eigenvalue weighted by atomic mass is 32.2. The molecule has 0 spiro atoms. The Bertz CT molecular complexity index is 873. The molecule has 2 rings (SSSR count). The van der Waals surface area contributed by atoms with Gasteiger partial charge in [0.25, 0.3) is 0 Å². The average Bonchev–Trinajstić information content (AvgIpc) is 2.87. The molecule has 0 unspecified atom stereocenters. The van der Waals surface area contributed by atoms with Crippen molar-refractivity contribution in [1.82, 2.24) is 14.1 Å². The molecular weight excluding hydrogens is 357 g/mol. The minimum absolute atomic E-state index is 0.0207. The van der Waals surface area contributed by atoms with E-state index >= 15 is 0 Å². The maximum absolute atomic E-state index is 13.1. The van der Waals surface area contributed by atoms with Crippen molar-refractivity contribution in [1.29, 1.82) is 0 Å². The molecule has 10 heteroatoms. The highest BCUT2D eigenvalue weighted by Crippen LogP contribution is 2.32. The fourth-order valence-corrected chi connectivity index (χ4v) is 3.50. The number of halogens is 3. The normalized spacial score (nSPS) is 12.6. The van der Waals surface area contributed by atoms with Crippen LogP contribution in [0.5, 0.6) is 0 Å². The van der Waals surface area contributed by atoms with E-state index in [0.717, 1.165) is 15.2 Å². The van der Waals surface area contributed by atoms with Crippen molar-refractivity contribution in [2.45, 2.75) is 24.5 Å². The second-order valence-electron chi connectivity index (χ2n) is 5.76. The Kier molecular flexibility index (Phi) is 5.14. The summed E-state index contributed by atoms with van der Waals surface area (Å²) >= 11 is 0. The Balaban J connectivity index is 2.30. The number of hydrogen-bond donors (Lipinski definition) is 1. The van der Waals surface area contributed by atoms with Gasteiger partial charge in [0.1, 0.15) is 5.69 Å². The summed E-state index contributed by atoms with van der Waals surface area (Å²) in [5.74, 6) is 0. The summed E-state index contributed by atoms with van der Waals surface area (Å²) in [4.78, 5) is 0.102. The van der Waals surface area contributed by atoms with E-state index in [1.54, 1.807) is 19.1 Å². The number of aryl methyl sites for hydroxylation is 2. The fourth-order valence-electron chi connectivity index (χ4n) is 2.36. The molecule has 6 nitrogen and oxygen atoms in total. The lowest BCUT2D eigenvalue weighted by atomic mass is 10.2. The van der Waals surface area contributed by atoms with Gasteiger partial charge >= 0.3 is 6.18 Å². The molecule has 0 amide bonds. The van der Waals surface area contributed by atoms with Gasteiger partial charge in [-0.15, -0.1) is 0 Å². The zero-order chi connectivity index (χ0) is 19.0. The molecule has 1 N–H and O–H groups in total. The van der Waals surface area contributed by atoms with E-state index in [1.807, 2.05) is 0 Å². The summed E-state index contributed by atoms with van der Waals surface area (Å²) in [7, 11) is 0.412. The van der Waals surface area contributed by atoms with Crippen LogP contribution in [0.15, 0.2) is 29.3 Å². The predicted octanol–water partition coefficient (Wildman–Crippen LogP) is 2.61. The summed E-state index contributed by atoms with van der Waals surface area (Å²) in [5.41, 5.74) is 0.0976. The van der Waals surface area contributed by atoms with Gasteiger partial charge in [0, 0.05) is 38.9 Å². The standard InChI is InChI=1S/C15H19F3N4O2S/c1-10-5-6-12(7-13(10)25(23,24)21(2)3)19-8-11-9-20-22(4)14(11)15(16,17)18/h5-7,9,19H,8H2,1-4H3. The molecule has 0 fully saturated rings. The third kappa shape index (κ3) is 3.96. The van der Waals surface area contributed by atoms with Crippen LogP contribution in [0.3, 0.4) is 0 Å². The molecule has 0 bridgehead atoms. The lowest BCUT2D eigenvalue weighted by Gasteiger charge is -2.16. The van der Waals surface area contributed by atoms with Crippen LogP contribution in [0, 0.1) is 6.92 Å². The first-order chi connectivity index (χ1) is 11.4. The Morgan fingerprint density at radius 1 is 1.28 bits per heavy atom. The molecule has 138 valence electrons. The maximum Gasteiger partial charge on any atom is 0.433 e. The van der Waals surface area contributed by atoms with Crippen LogP contribution in [-0.4, -0.2) is 36.6 Å². The Morgan fingerprint density at radius 3 is 2.48 bits per heavy atom. The molecule has 0 aliphatic rings. The van der Waals surface area contributed by atoms with Crippen molar-refractivity contribution in [3.63, 3.8) is 0 Å². The quantitative estimate of drug-likeness (QED) is 0.871. The van der Waals surface area contributed by atoms with Gasteiger partial charge in [0.15, 0.2) is 0 Å². The molecular formula is C15H19F3N4O2S. The maximum atomic E-state index is 13.1. The van der Waals surface area contributed by atoms with E-state index in [9.17, 15) is 21.6 Å². The van der Waals surface area contributed by atoms with Gasteiger partial charge in [-0.1, -0.05) is 6.07 Å². The largest absolute Gasteiger partial charge is 0.433 e. The molecule has 0 atom stereocenters. The Morgan fingerprint density at radius 2 is 1.92 bits per heavy atom. The minimum Gasteiger partial charge on any atom is -0.381 e. The highest BCUT2D eigenvalue weighted by molar-refractivity contribution is 7.89. The average molecular weight is 376 g/mol. The number of benzene rings is 1. The third-order valence-electron chi connectivity index (χ3n) is 3.71. The van der Waals surface area contributed by atoms with Crippen molar-refractivity contribution in [3.8, 4) is 0 Å². The molecule has 2 aromatic rings. The van der Waals surface area contributed by atoms with E-state index < -0.39 is 21.9 Å². The van der Waals surface area contributed by atoms with E-state index in [4.69, 9.17) is 0 Å². The second-order valence-corrected chi connectivity index (χ2v) is 7.88. The Hall–Kier alpha value is -2.07. The summed E-state index contributed by atoms with van der Waals surface area (Å²) < 4.78 is 65.6. The number of alkyl halides is 3. The molecule has 0 saturated carbocycles. The van der Waals surface area contributed by atoms with E-state index in [0.29, 0.717) is 11.3 Å². The van der Waals surface area contributed by atoms with Crippen LogP contribution < -0.4 is 5.32 Å². The molecule has 1 heterocycles. The summed E-state index contributed by atoms with van der Waals surface area (Å²) in [6.07, 6.45) is -3.38. The van der Waals surface area contributed by atoms with Gasteiger partial charge in [-0.2, -0.15) is 18.3 Å². The first-order valence-electron chi connectivity index (χ1n) is 7.29. The fraction of sp³-hybridized carbons (Fsp3) is 0.400. The van der Waals surface area contributed by atoms with Gasteiger partial charge in [0.2, 0.25) is 10.0 Å². The number of nitrogens with one attached hydrogen (secondary N) is 1.